The van der Waals surface area contributed by atoms with Gasteiger partial charge in [-0.15, -0.1) is 5.10 Å². The molecular weight excluding hydrogens is 300 g/mol. The molecule has 0 amide bonds. The SMILES string of the molecule is NC1=NN(Oc2cccc(O)c2)NC(Oc2cccc(O)c2)=C1. The van der Waals surface area contributed by atoms with Gasteiger partial charge in [-0.3, -0.25) is 0 Å². The number of ether oxygens (including phenoxy) is 1. The van der Waals surface area contributed by atoms with Gasteiger partial charge in [-0.1, -0.05) is 12.1 Å². The van der Waals surface area contributed by atoms with Gasteiger partial charge in [-0.05, 0) is 29.5 Å². The van der Waals surface area contributed by atoms with E-state index < -0.39 is 0 Å². The van der Waals surface area contributed by atoms with Crippen LogP contribution in [0.3, 0.4) is 0 Å². The topological polar surface area (TPSA) is 113 Å². The highest BCUT2D eigenvalue weighted by atomic mass is 16.7. The maximum absolute atomic E-state index is 9.44. The molecule has 0 saturated heterocycles. The number of amidine groups is 1. The van der Waals surface area contributed by atoms with Crippen LogP contribution in [-0.2, 0) is 0 Å². The smallest absolute Gasteiger partial charge is 0.219 e. The monoisotopic (exact) mass is 314 g/mol. The number of hydrazine groups is 1. The number of phenolic OH excluding ortho intramolecular Hbond substituents is 2. The van der Waals surface area contributed by atoms with E-state index in [0.717, 1.165) is 5.28 Å². The van der Waals surface area contributed by atoms with Crippen LogP contribution in [0.2, 0.25) is 0 Å². The zero-order valence-electron chi connectivity index (χ0n) is 11.9. The molecule has 0 atom stereocenters. The van der Waals surface area contributed by atoms with Crippen LogP contribution >= 0.6 is 0 Å². The Labute approximate surface area is 131 Å². The van der Waals surface area contributed by atoms with Gasteiger partial charge in [0.05, 0.1) is 0 Å². The number of hydrogen-bond acceptors (Lipinski definition) is 8. The summed E-state index contributed by atoms with van der Waals surface area (Å²) in [7, 11) is 0. The summed E-state index contributed by atoms with van der Waals surface area (Å²) in [5.74, 6) is 1.31. The van der Waals surface area contributed by atoms with Crippen molar-refractivity contribution in [1.82, 2.24) is 10.7 Å². The lowest BCUT2D eigenvalue weighted by Gasteiger charge is -2.24. The number of aromatic hydroxyl groups is 2. The number of phenols is 2. The van der Waals surface area contributed by atoms with Gasteiger partial charge in [-0.2, -0.15) is 0 Å². The van der Waals surface area contributed by atoms with E-state index in [4.69, 9.17) is 15.3 Å². The van der Waals surface area contributed by atoms with E-state index >= 15 is 0 Å². The van der Waals surface area contributed by atoms with Crippen molar-refractivity contribution in [1.29, 1.82) is 0 Å². The molecule has 0 aliphatic carbocycles. The average molecular weight is 314 g/mol. The van der Waals surface area contributed by atoms with Crippen LogP contribution in [0.15, 0.2) is 65.6 Å². The minimum Gasteiger partial charge on any atom is -0.508 e. The maximum atomic E-state index is 9.44. The molecule has 1 heterocycles. The first kappa shape index (κ1) is 14.4. The van der Waals surface area contributed by atoms with Gasteiger partial charge in [0.2, 0.25) is 5.88 Å². The molecule has 0 bridgehead atoms. The number of nitrogens with zero attached hydrogens (tertiary/aromatic N) is 2. The lowest BCUT2D eigenvalue weighted by molar-refractivity contribution is -0.105. The summed E-state index contributed by atoms with van der Waals surface area (Å²) in [5, 5.41) is 23.8. The molecule has 0 aromatic heterocycles. The molecule has 0 spiro atoms. The molecule has 1 aliphatic heterocycles. The number of nitrogens with one attached hydrogen (secondary N) is 1. The minimum absolute atomic E-state index is 0.0586. The van der Waals surface area contributed by atoms with E-state index in [1.54, 1.807) is 24.3 Å². The molecule has 0 radical (unpaired) electrons. The number of nitrogens with two attached hydrogens (primary N) is 1. The van der Waals surface area contributed by atoms with Crippen molar-refractivity contribution in [3.8, 4) is 23.0 Å². The fourth-order valence-corrected chi connectivity index (χ4v) is 1.83. The van der Waals surface area contributed by atoms with Crippen molar-refractivity contribution >= 4 is 5.84 Å². The van der Waals surface area contributed by atoms with Crippen molar-refractivity contribution in [2.75, 3.05) is 0 Å². The van der Waals surface area contributed by atoms with Crippen molar-refractivity contribution in [2.45, 2.75) is 0 Å². The summed E-state index contributed by atoms with van der Waals surface area (Å²) in [6.07, 6.45) is 1.46. The molecule has 0 saturated carbocycles. The summed E-state index contributed by atoms with van der Waals surface area (Å²) >= 11 is 0. The number of benzene rings is 2. The third-order valence-electron chi connectivity index (χ3n) is 2.75. The summed E-state index contributed by atoms with van der Waals surface area (Å²) in [4.78, 5) is 5.42. The Balaban J connectivity index is 1.71. The molecule has 23 heavy (non-hydrogen) atoms. The highest BCUT2D eigenvalue weighted by Gasteiger charge is 2.15. The van der Waals surface area contributed by atoms with Gasteiger partial charge in [0.25, 0.3) is 0 Å². The fraction of sp³-hybridized carbons (Fsp3) is 0. The molecule has 2 aromatic rings. The van der Waals surface area contributed by atoms with Crippen LogP contribution < -0.4 is 20.7 Å². The molecule has 1 aliphatic rings. The first-order valence-corrected chi connectivity index (χ1v) is 6.65. The van der Waals surface area contributed by atoms with E-state index in [0.29, 0.717) is 11.5 Å². The third kappa shape index (κ3) is 3.76. The van der Waals surface area contributed by atoms with Crippen LogP contribution in [-0.4, -0.2) is 21.3 Å². The molecule has 2 aromatic carbocycles. The van der Waals surface area contributed by atoms with Crippen molar-refractivity contribution in [2.24, 2.45) is 10.8 Å². The van der Waals surface area contributed by atoms with E-state index in [-0.39, 0.29) is 23.2 Å². The van der Waals surface area contributed by atoms with Crippen LogP contribution in [0.1, 0.15) is 0 Å². The Hall–Kier alpha value is -3.55. The number of hydrazone groups is 1. The van der Waals surface area contributed by atoms with Gasteiger partial charge >= 0.3 is 0 Å². The van der Waals surface area contributed by atoms with E-state index in [9.17, 15) is 10.2 Å². The molecule has 118 valence electrons. The lowest BCUT2D eigenvalue weighted by Crippen LogP contribution is -2.42. The van der Waals surface area contributed by atoms with E-state index in [1.165, 1.54) is 30.3 Å². The highest BCUT2D eigenvalue weighted by Crippen LogP contribution is 2.21. The molecule has 8 heteroatoms. The average Bonchev–Trinajstić information content (AvgIpc) is 2.46. The fourth-order valence-electron chi connectivity index (χ4n) is 1.83. The van der Waals surface area contributed by atoms with Gasteiger partial charge in [0.1, 0.15) is 17.2 Å². The predicted octanol–water partition coefficient (Wildman–Crippen LogP) is 1.40. The van der Waals surface area contributed by atoms with E-state index in [1.807, 2.05) is 0 Å². The second-order valence-corrected chi connectivity index (χ2v) is 4.61. The van der Waals surface area contributed by atoms with Gasteiger partial charge in [0.15, 0.2) is 11.6 Å². The summed E-state index contributed by atoms with van der Waals surface area (Å²) in [6, 6.07) is 12.5. The van der Waals surface area contributed by atoms with Crippen LogP contribution in [0.5, 0.6) is 23.0 Å². The normalized spacial score (nSPS) is 13.7. The third-order valence-corrected chi connectivity index (χ3v) is 2.75. The number of rotatable bonds is 4. The second kappa shape index (κ2) is 6.06. The molecular formula is C15H14N4O4. The Morgan fingerprint density at radius 3 is 2.35 bits per heavy atom. The van der Waals surface area contributed by atoms with Crippen LogP contribution in [0.25, 0.3) is 0 Å². The van der Waals surface area contributed by atoms with Crippen LogP contribution in [0.4, 0.5) is 0 Å². The largest absolute Gasteiger partial charge is 0.508 e. The Kier molecular flexibility index (Phi) is 3.79. The van der Waals surface area contributed by atoms with Gasteiger partial charge in [-0.25, -0.2) is 5.43 Å². The maximum Gasteiger partial charge on any atom is 0.219 e. The molecule has 0 unspecified atom stereocenters. The minimum atomic E-state index is 0.0586. The van der Waals surface area contributed by atoms with Crippen LogP contribution in [0, 0.1) is 0 Å². The Morgan fingerprint density at radius 1 is 1.00 bits per heavy atom. The Bertz CT molecular complexity index is 776. The van der Waals surface area contributed by atoms with E-state index in [2.05, 4.69) is 10.5 Å². The molecule has 5 N–H and O–H groups in total. The van der Waals surface area contributed by atoms with Crippen molar-refractivity contribution in [3.05, 3.63) is 60.5 Å². The quantitative estimate of drug-likeness (QED) is 0.675. The zero-order valence-corrected chi connectivity index (χ0v) is 11.9. The first-order valence-electron chi connectivity index (χ1n) is 6.65. The summed E-state index contributed by atoms with van der Waals surface area (Å²) in [5.41, 5.74) is 8.45. The predicted molar refractivity (Wildman–Crippen MR) is 82.1 cm³/mol. The zero-order chi connectivity index (χ0) is 16.2. The summed E-state index contributed by atoms with van der Waals surface area (Å²) < 4.78 is 5.56. The van der Waals surface area contributed by atoms with Crippen molar-refractivity contribution < 1.29 is 19.8 Å². The standard InChI is InChI=1S/C15H14N4O4/c16-14-9-15(22-12-5-1-3-10(20)7-12)18-19(17-14)23-13-6-2-4-11(21)8-13/h1-9,18,20-21H,(H2,16,17). The lowest BCUT2D eigenvalue weighted by atomic mass is 10.3. The molecule has 3 rings (SSSR count). The number of hydrogen-bond donors (Lipinski definition) is 4. The first-order chi connectivity index (χ1) is 11.1. The molecule has 8 nitrogen and oxygen atoms in total. The van der Waals surface area contributed by atoms with Gasteiger partial charge in [0, 0.05) is 18.2 Å². The Morgan fingerprint density at radius 2 is 1.65 bits per heavy atom. The highest BCUT2D eigenvalue weighted by molar-refractivity contribution is 5.91. The molecule has 0 fully saturated rings. The van der Waals surface area contributed by atoms with Crippen molar-refractivity contribution in [3.63, 3.8) is 0 Å². The van der Waals surface area contributed by atoms with Gasteiger partial charge < -0.3 is 25.5 Å². The second-order valence-electron chi connectivity index (χ2n) is 4.61. The summed E-state index contributed by atoms with van der Waals surface area (Å²) in [6.45, 7) is 0.